The van der Waals surface area contributed by atoms with Crippen LogP contribution in [0.2, 0.25) is 0 Å². The van der Waals surface area contributed by atoms with E-state index in [9.17, 15) is 0 Å². The summed E-state index contributed by atoms with van der Waals surface area (Å²) in [5.41, 5.74) is 0.690. The number of hydrogen-bond acceptors (Lipinski definition) is 2. The predicted octanol–water partition coefficient (Wildman–Crippen LogP) is 0.758. The first-order chi connectivity index (χ1) is 5.37. The van der Waals surface area contributed by atoms with Crippen molar-refractivity contribution in [3.63, 3.8) is 0 Å². The molecule has 0 bridgehead atoms. The second-order valence-electron chi connectivity index (χ2n) is 4.06. The number of rotatable bonds is 3. The van der Waals surface area contributed by atoms with Gasteiger partial charge in [-0.1, -0.05) is 0 Å². The van der Waals surface area contributed by atoms with E-state index >= 15 is 0 Å². The van der Waals surface area contributed by atoms with Gasteiger partial charge in [0.25, 0.3) is 0 Å². The Hall–Kier alpha value is -0.0800. The maximum atomic E-state index is 8.66. The van der Waals surface area contributed by atoms with E-state index in [1.54, 1.807) is 0 Å². The average Bonchev–Trinajstić information content (AvgIpc) is 2.41. The molecule has 1 heterocycles. The lowest BCUT2D eigenvalue weighted by atomic mass is 10.0. The smallest absolute Gasteiger partial charge is 0.0431 e. The van der Waals surface area contributed by atoms with E-state index in [2.05, 4.69) is 5.32 Å². The van der Waals surface area contributed by atoms with E-state index in [0.717, 1.165) is 12.3 Å². The maximum Gasteiger partial charge on any atom is 0.0431 e. The molecule has 1 aliphatic heterocycles. The molecule has 1 spiro atoms. The highest BCUT2D eigenvalue weighted by Crippen LogP contribution is 2.58. The van der Waals surface area contributed by atoms with E-state index in [1.165, 1.54) is 32.4 Å². The van der Waals surface area contributed by atoms with Crippen molar-refractivity contribution in [3.05, 3.63) is 0 Å². The molecule has 2 heteroatoms. The molecular weight excluding hydrogens is 138 g/mol. The van der Waals surface area contributed by atoms with Crippen molar-refractivity contribution in [2.75, 3.05) is 19.7 Å². The molecule has 1 saturated carbocycles. The Balaban J connectivity index is 1.75. The molecule has 2 atom stereocenters. The van der Waals surface area contributed by atoms with Crippen molar-refractivity contribution in [1.82, 2.24) is 5.32 Å². The summed E-state index contributed by atoms with van der Waals surface area (Å²) in [6, 6.07) is 0. The summed E-state index contributed by atoms with van der Waals surface area (Å²) in [6.07, 6.45) is 5.05. The van der Waals surface area contributed by atoms with E-state index in [1.807, 2.05) is 0 Å². The summed E-state index contributed by atoms with van der Waals surface area (Å²) < 4.78 is 0. The lowest BCUT2D eigenvalue weighted by molar-refractivity contribution is 0.277. The van der Waals surface area contributed by atoms with Crippen LogP contribution < -0.4 is 5.32 Å². The molecule has 2 rings (SSSR count). The fraction of sp³-hybridized carbons (Fsp3) is 1.00. The Bertz CT molecular complexity index is 140. The first-order valence-electron chi connectivity index (χ1n) is 4.69. The molecule has 2 fully saturated rings. The molecule has 0 aromatic heterocycles. The third kappa shape index (κ3) is 1.30. The van der Waals surface area contributed by atoms with E-state index < -0.39 is 0 Å². The molecule has 0 radical (unpaired) electrons. The second kappa shape index (κ2) is 2.76. The summed E-state index contributed by atoms with van der Waals surface area (Å²) in [7, 11) is 0. The molecule has 2 unspecified atom stereocenters. The largest absolute Gasteiger partial charge is 0.396 e. The molecule has 1 aliphatic carbocycles. The second-order valence-corrected chi connectivity index (χ2v) is 4.06. The molecule has 2 aliphatic rings. The van der Waals surface area contributed by atoms with Crippen LogP contribution in [0.4, 0.5) is 0 Å². The van der Waals surface area contributed by atoms with Gasteiger partial charge < -0.3 is 10.4 Å². The van der Waals surface area contributed by atoms with Crippen molar-refractivity contribution in [2.24, 2.45) is 11.3 Å². The molecule has 0 amide bonds. The van der Waals surface area contributed by atoms with Gasteiger partial charge in [0.05, 0.1) is 0 Å². The Labute approximate surface area is 68.0 Å². The number of hydrogen-bond donors (Lipinski definition) is 2. The van der Waals surface area contributed by atoms with Gasteiger partial charge in [-0.3, -0.25) is 0 Å². The Kier molecular flexibility index (Phi) is 1.90. The van der Waals surface area contributed by atoms with Gasteiger partial charge in [-0.25, -0.2) is 0 Å². The molecule has 2 nitrogen and oxygen atoms in total. The minimum absolute atomic E-state index is 0.375. The van der Waals surface area contributed by atoms with E-state index in [0.29, 0.717) is 12.0 Å². The molecule has 0 aromatic rings. The SMILES string of the molecule is OCCCC1CC12CCNC2. The predicted molar refractivity (Wildman–Crippen MR) is 44.3 cm³/mol. The first kappa shape index (κ1) is 7.56. The van der Waals surface area contributed by atoms with E-state index in [-0.39, 0.29) is 0 Å². The van der Waals surface area contributed by atoms with Crippen LogP contribution in [0.15, 0.2) is 0 Å². The topological polar surface area (TPSA) is 32.3 Å². The van der Waals surface area contributed by atoms with Gasteiger partial charge >= 0.3 is 0 Å². The molecule has 0 aromatic carbocycles. The number of aliphatic hydroxyl groups excluding tert-OH is 1. The molecule has 2 N–H and O–H groups in total. The van der Waals surface area contributed by atoms with Gasteiger partial charge in [0.15, 0.2) is 0 Å². The third-order valence-electron chi connectivity index (χ3n) is 3.35. The van der Waals surface area contributed by atoms with Gasteiger partial charge in [0.1, 0.15) is 0 Å². The lowest BCUT2D eigenvalue weighted by Crippen LogP contribution is -2.11. The van der Waals surface area contributed by atoms with Crippen LogP contribution in [0.1, 0.15) is 25.7 Å². The van der Waals surface area contributed by atoms with Crippen molar-refractivity contribution >= 4 is 0 Å². The van der Waals surface area contributed by atoms with Gasteiger partial charge in [0.2, 0.25) is 0 Å². The lowest BCUT2D eigenvalue weighted by Gasteiger charge is -2.05. The standard InChI is InChI=1S/C9H17NO/c11-5-1-2-8-6-9(8)3-4-10-7-9/h8,10-11H,1-7H2. The Morgan fingerprint density at radius 3 is 3.09 bits per heavy atom. The highest BCUT2D eigenvalue weighted by atomic mass is 16.2. The van der Waals surface area contributed by atoms with Gasteiger partial charge in [-0.15, -0.1) is 0 Å². The Morgan fingerprint density at radius 1 is 1.55 bits per heavy atom. The monoisotopic (exact) mass is 155 g/mol. The van der Waals surface area contributed by atoms with Crippen LogP contribution in [0.3, 0.4) is 0 Å². The molecule has 11 heavy (non-hydrogen) atoms. The first-order valence-corrected chi connectivity index (χ1v) is 4.69. The Morgan fingerprint density at radius 2 is 2.45 bits per heavy atom. The van der Waals surface area contributed by atoms with Crippen LogP contribution in [-0.4, -0.2) is 24.8 Å². The zero-order valence-corrected chi connectivity index (χ0v) is 6.97. The molecule has 64 valence electrons. The fourth-order valence-corrected chi connectivity index (χ4v) is 2.46. The minimum Gasteiger partial charge on any atom is -0.396 e. The third-order valence-corrected chi connectivity index (χ3v) is 3.35. The summed E-state index contributed by atoms with van der Waals surface area (Å²) in [6.45, 7) is 2.83. The van der Waals surface area contributed by atoms with Crippen LogP contribution >= 0.6 is 0 Å². The normalized spacial score (nSPS) is 41.7. The summed E-state index contributed by atoms with van der Waals surface area (Å²) in [4.78, 5) is 0. The zero-order chi connectivity index (χ0) is 7.73. The number of nitrogens with one attached hydrogen (secondary N) is 1. The summed E-state index contributed by atoms with van der Waals surface area (Å²) in [5.74, 6) is 0.935. The van der Waals surface area contributed by atoms with Crippen molar-refractivity contribution in [1.29, 1.82) is 0 Å². The zero-order valence-electron chi connectivity index (χ0n) is 6.97. The molecule has 1 saturated heterocycles. The number of aliphatic hydroxyl groups is 1. The van der Waals surface area contributed by atoms with Crippen LogP contribution in [0, 0.1) is 11.3 Å². The van der Waals surface area contributed by atoms with Crippen molar-refractivity contribution in [2.45, 2.75) is 25.7 Å². The maximum absolute atomic E-state index is 8.66. The minimum atomic E-state index is 0.375. The van der Waals surface area contributed by atoms with Gasteiger partial charge in [-0.05, 0) is 43.6 Å². The van der Waals surface area contributed by atoms with Crippen LogP contribution in [0.5, 0.6) is 0 Å². The van der Waals surface area contributed by atoms with E-state index in [4.69, 9.17) is 5.11 Å². The average molecular weight is 155 g/mol. The van der Waals surface area contributed by atoms with Gasteiger partial charge in [0, 0.05) is 13.2 Å². The summed E-state index contributed by atoms with van der Waals surface area (Å²) in [5, 5.41) is 12.1. The highest BCUT2D eigenvalue weighted by molar-refractivity contribution is 5.06. The van der Waals surface area contributed by atoms with Crippen molar-refractivity contribution in [3.8, 4) is 0 Å². The van der Waals surface area contributed by atoms with Crippen LogP contribution in [-0.2, 0) is 0 Å². The van der Waals surface area contributed by atoms with Crippen LogP contribution in [0.25, 0.3) is 0 Å². The van der Waals surface area contributed by atoms with Gasteiger partial charge in [-0.2, -0.15) is 0 Å². The van der Waals surface area contributed by atoms with Crippen molar-refractivity contribution < 1.29 is 5.11 Å². The summed E-state index contributed by atoms with van der Waals surface area (Å²) >= 11 is 0. The molecular formula is C9H17NO. The fourth-order valence-electron chi connectivity index (χ4n) is 2.46. The quantitative estimate of drug-likeness (QED) is 0.630. The highest BCUT2D eigenvalue weighted by Gasteiger charge is 2.54.